The molecule has 0 fully saturated rings. The summed E-state index contributed by atoms with van der Waals surface area (Å²) in [5, 5.41) is -0.401. The smallest absolute Gasteiger partial charge is 0.125 e. The van der Waals surface area contributed by atoms with E-state index in [-0.39, 0.29) is 0 Å². The van der Waals surface area contributed by atoms with Crippen LogP contribution in [0.2, 0.25) is 0 Å². The van der Waals surface area contributed by atoms with Crippen LogP contribution in [-0.2, 0) is 9.47 Å². The summed E-state index contributed by atoms with van der Waals surface area (Å²) in [5.74, 6) is 0.860. The molecule has 0 radical (unpaired) electrons. The van der Waals surface area contributed by atoms with E-state index in [0.717, 1.165) is 23.3 Å². The Labute approximate surface area is 105 Å². The number of rotatable bonds is 3. The molecule has 0 N–H and O–H groups in total. The Morgan fingerprint density at radius 3 is 2.47 bits per heavy atom. The highest BCUT2D eigenvalue weighted by Gasteiger charge is 2.34. The minimum absolute atomic E-state index is 0.401. The van der Waals surface area contributed by atoms with Gasteiger partial charge in [0.15, 0.2) is 0 Å². The first-order chi connectivity index (χ1) is 8.21. The lowest BCUT2D eigenvalue weighted by molar-refractivity contribution is 0.116. The summed E-state index contributed by atoms with van der Waals surface area (Å²) in [6.45, 7) is 0. The Kier molecular flexibility index (Phi) is 3.66. The van der Waals surface area contributed by atoms with E-state index in [0.29, 0.717) is 0 Å². The number of benzene rings is 1. The fourth-order valence-electron chi connectivity index (χ4n) is 2.08. The highest BCUT2D eigenvalue weighted by Crippen LogP contribution is 2.43. The van der Waals surface area contributed by atoms with Crippen molar-refractivity contribution in [1.82, 2.24) is 0 Å². The first-order valence-electron chi connectivity index (χ1n) is 5.56. The number of hydrogen-bond acceptors (Lipinski definition) is 2. The molecular weight excluding hydrogens is 231 g/mol. The van der Waals surface area contributed by atoms with Crippen LogP contribution in [0, 0.1) is 0 Å². The molecule has 0 aliphatic heterocycles. The minimum atomic E-state index is -0.401. The SMILES string of the molecule is COC1=C(c2ccccc2)C(P)(OC)CC=C1. The van der Waals surface area contributed by atoms with Crippen LogP contribution in [0.15, 0.2) is 48.2 Å². The van der Waals surface area contributed by atoms with Crippen molar-refractivity contribution < 1.29 is 9.47 Å². The second-order valence-electron chi connectivity index (χ2n) is 4.01. The van der Waals surface area contributed by atoms with Gasteiger partial charge < -0.3 is 9.47 Å². The predicted octanol–water partition coefficient (Wildman–Crippen LogP) is 3.22. The third-order valence-corrected chi connectivity index (χ3v) is 3.77. The largest absolute Gasteiger partial charge is 0.496 e. The molecule has 2 atom stereocenters. The molecule has 0 bridgehead atoms. The van der Waals surface area contributed by atoms with Gasteiger partial charge in [-0.2, -0.15) is 0 Å². The maximum Gasteiger partial charge on any atom is 0.125 e. The molecule has 2 unspecified atom stereocenters. The Morgan fingerprint density at radius 1 is 1.18 bits per heavy atom. The van der Waals surface area contributed by atoms with Crippen molar-refractivity contribution in [2.24, 2.45) is 0 Å². The summed E-state index contributed by atoms with van der Waals surface area (Å²) in [4.78, 5) is 0. The first-order valence-corrected chi connectivity index (χ1v) is 6.14. The normalized spacial score (nSPS) is 23.9. The Bertz CT molecular complexity index is 451. The molecule has 1 aliphatic rings. The zero-order valence-corrected chi connectivity index (χ0v) is 11.3. The van der Waals surface area contributed by atoms with E-state index in [1.54, 1.807) is 14.2 Å². The second kappa shape index (κ2) is 5.03. The monoisotopic (exact) mass is 248 g/mol. The van der Waals surface area contributed by atoms with Crippen molar-refractivity contribution in [3.05, 3.63) is 53.8 Å². The van der Waals surface area contributed by atoms with Crippen LogP contribution in [0.1, 0.15) is 12.0 Å². The van der Waals surface area contributed by atoms with Gasteiger partial charge in [0.05, 0.1) is 7.11 Å². The van der Waals surface area contributed by atoms with E-state index in [1.165, 1.54) is 0 Å². The van der Waals surface area contributed by atoms with Crippen LogP contribution in [-0.4, -0.2) is 19.6 Å². The zero-order valence-electron chi connectivity index (χ0n) is 10.1. The molecule has 0 heterocycles. The molecule has 0 aromatic heterocycles. The number of allylic oxidation sites excluding steroid dienone is 1. The van der Waals surface area contributed by atoms with Crippen LogP contribution >= 0.6 is 9.24 Å². The maximum absolute atomic E-state index is 5.65. The van der Waals surface area contributed by atoms with Gasteiger partial charge in [-0.05, 0) is 11.6 Å². The molecule has 17 heavy (non-hydrogen) atoms. The summed E-state index contributed by atoms with van der Waals surface area (Å²) in [5.41, 5.74) is 2.21. The molecule has 0 spiro atoms. The minimum Gasteiger partial charge on any atom is -0.496 e. The summed E-state index contributed by atoms with van der Waals surface area (Å²) >= 11 is 0. The zero-order chi connectivity index (χ0) is 12.3. The van der Waals surface area contributed by atoms with Crippen molar-refractivity contribution in [1.29, 1.82) is 0 Å². The van der Waals surface area contributed by atoms with E-state index in [1.807, 2.05) is 24.3 Å². The first kappa shape index (κ1) is 12.3. The molecule has 1 aromatic carbocycles. The van der Waals surface area contributed by atoms with Crippen molar-refractivity contribution in [3.63, 3.8) is 0 Å². The summed E-state index contributed by atoms with van der Waals surface area (Å²) in [6.07, 6.45) is 4.90. The highest BCUT2D eigenvalue weighted by molar-refractivity contribution is 7.19. The van der Waals surface area contributed by atoms with Crippen LogP contribution in [0.25, 0.3) is 5.57 Å². The molecule has 90 valence electrons. The molecule has 2 rings (SSSR count). The topological polar surface area (TPSA) is 18.5 Å². The van der Waals surface area contributed by atoms with Crippen molar-refractivity contribution in [2.75, 3.05) is 14.2 Å². The van der Waals surface area contributed by atoms with Crippen LogP contribution in [0.5, 0.6) is 0 Å². The fraction of sp³-hybridized carbons (Fsp3) is 0.286. The lowest BCUT2D eigenvalue weighted by Gasteiger charge is -2.33. The van der Waals surface area contributed by atoms with Gasteiger partial charge in [-0.3, -0.25) is 0 Å². The van der Waals surface area contributed by atoms with Crippen LogP contribution in [0.4, 0.5) is 0 Å². The van der Waals surface area contributed by atoms with Crippen molar-refractivity contribution >= 4 is 14.8 Å². The molecule has 0 saturated carbocycles. The molecular formula is C14H17O2P. The quantitative estimate of drug-likeness (QED) is 0.765. The molecule has 1 aromatic rings. The summed E-state index contributed by atoms with van der Waals surface area (Å²) in [6, 6.07) is 10.2. The molecule has 2 nitrogen and oxygen atoms in total. The Morgan fingerprint density at radius 2 is 1.88 bits per heavy atom. The van der Waals surface area contributed by atoms with E-state index in [9.17, 15) is 0 Å². The lowest BCUT2D eigenvalue weighted by atomic mass is 9.92. The van der Waals surface area contributed by atoms with Gasteiger partial charge in [0.2, 0.25) is 0 Å². The average molecular weight is 248 g/mol. The standard InChI is InChI=1S/C14H17O2P/c1-15-12-9-6-10-14(17,16-2)13(12)11-7-4-3-5-8-11/h3-9H,10,17H2,1-2H3. The van der Waals surface area contributed by atoms with Gasteiger partial charge in [0, 0.05) is 19.1 Å². The molecule has 3 heteroatoms. The van der Waals surface area contributed by atoms with Crippen molar-refractivity contribution in [2.45, 2.75) is 11.8 Å². The van der Waals surface area contributed by atoms with Gasteiger partial charge in [-0.1, -0.05) is 45.6 Å². The van der Waals surface area contributed by atoms with Crippen LogP contribution < -0.4 is 0 Å². The Balaban J connectivity index is 2.57. The van der Waals surface area contributed by atoms with Gasteiger partial charge in [-0.15, -0.1) is 0 Å². The maximum atomic E-state index is 5.65. The Hall–Kier alpha value is -1.11. The summed E-state index contributed by atoms with van der Waals surface area (Å²) in [7, 11) is 6.21. The summed E-state index contributed by atoms with van der Waals surface area (Å²) < 4.78 is 11.1. The molecule has 0 amide bonds. The number of ether oxygens (including phenoxy) is 2. The van der Waals surface area contributed by atoms with E-state index in [2.05, 4.69) is 27.4 Å². The molecule has 0 saturated heterocycles. The second-order valence-corrected chi connectivity index (χ2v) is 4.94. The van der Waals surface area contributed by atoms with E-state index in [4.69, 9.17) is 9.47 Å². The van der Waals surface area contributed by atoms with Crippen molar-refractivity contribution in [3.8, 4) is 0 Å². The highest BCUT2D eigenvalue weighted by atomic mass is 31.0. The third-order valence-electron chi connectivity index (χ3n) is 3.01. The van der Waals surface area contributed by atoms with Crippen LogP contribution in [0.3, 0.4) is 0 Å². The lowest BCUT2D eigenvalue weighted by Crippen LogP contribution is -2.27. The van der Waals surface area contributed by atoms with E-state index < -0.39 is 5.34 Å². The number of methoxy groups -OCH3 is 2. The van der Waals surface area contributed by atoms with Gasteiger partial charge in [0.1, 0.15) is 11.1 Å². The van der Waals surface area contributed by atoms with Gasteiger partial charge in [-0.25, -0.2) is 0 Å². The van der Waals surface area contributed by atoms with Gasteiger partial charge >= 0.3 is 0 Å². The number of hydrogen-bond donors (Lipinski definition) is 0. The predicted molar refractivity (Wildman–Crippen MR) is 73.6 cm³/mol. The van der Waals surface area contributed by atoms with E-state index >= 15 is 0 Å². The van der Waals surface area contributed by atoms with Gasteiger partial charge in [0.25, 0.3) is 0 Å². The average Bonchev–Trinajstić information content (AvgIpc) is 2.39. The molecule has 1 aliphatic carbocycles. The fourth-order valence-corrected chi connectivity index (χ4v) is 2.53. The third kappa shape index (κ3) is 2.29.